The van der Waals surface area contributed by atoms with E-state index in [2.05, 4.69) is 0 Å². The van der Waals surface area contributed by atoms with Crippen LogP contribution in [0, 0.1) is 23.0 Å². The van der Waals surface area contributed by atoms with Crippen molar-refractivity contribution in [3.63, 3.8) is 0 Å². The van der Waals surface area contributed by atoms with Gasteiger partial charge in [-0.05, 0) is 49.4 Å². The third-order valence-corrected chi connectivity index (χ3v) is 7.11. The molecule has 3 aromatic rings. The number of nitro benzene ring substituents is 1. The normalized spacial score (nSPS) is 15.2. The number of anilines is 1. The second kappa shape index (κ2) is 10.8. The van der Waals surface area contributed by atoms with E-state index in [1.165, 1.54) is 65.6 Å². The van der Waals surface area contributed by atoms with Crippen molar-refractivity contribution in [1.29, 1.82) is 0 Å². The molecule has 1 atom stereocenters. The number of nitrogens with zero attached hydrogens (tertiary/aromatic N) is 2. The molecule has 0 bridgehead atoms. The molecule has 1 aliphatic rings. The molecule has 0 unspecified atom stereocenters. The summed E-state index contributed by atoms with van der Waals surface area (Å²) in [7, 11) is -4.05. The zero-order valence-electron chi connectivity index (χ0n) is 20.1. The van der Waals surface area contributed by atoms with Crippen LogP contribution < -0.4 is 9.08 Å². The summed E-state index contributed by atoms with van der Waals surface area (Å²) in [6.45, 7) is 1.21. The number of rotatable bonds is 9. The van der Waals surface area contributed by atoms with Crippen LogP contribution in [0.1, 0.15) is 22.3 Å². The Morgan fingerprint density at radius 1 is 1.05 bits per heavy atom. The Kier molecular flexibility index (Phi) is 7.53. The van der Waals surface area contributed by atoms with Crippen molar-refractivity contribution in [3.05, 3.63) is 94.0 Å². The van der Waals surface area contributed by atoms with Crippen LogP contribution in [0.5, 0.6) is 5.75 Å². The predicted octanol–water partition coefficient (Wildman–Crippen LogP) is 3.45. The van der Waals surface area contributed by atoms with Gasteiger partial charge in [0.25, 0.3) is 5.69 Å². The molecule has 3 aromatic carbocycles. The number of carbonyl (C=O) groups excluding carboxylic acids is 3. The first-order valence-electron chi connectivity index (χ1n) is 11.4. The Hall–Kier alpha value is -4.58. The molecule has 0 radical (unpaired) electrons. The highest BCUT2D eigenvalue weighted by atomic mass is 32.2. The molecule has 1 heterocycles. The zero-order valence-corrected chi connectivity index (χ0v) is 20.9. The molecular formula is C26H22N2O9S. The maximum absolute atomic E-state index is 12.5. The minimum atomic E-state index is -4.05. The van der Waals surface area contributed by atoms with E-state index in [0.29, 0.717) is 5.69 Å². The molecule has 1 aliphatic heterocycles. The summed E-state index contributed by atoms with van der Waals surface area (Å²) in [5.74, 6) is -2.51. The van der Waals surface area contributed by atoms with Crippen molar-refractivity contribution < 1.29 is 36.6 Å². The third-order valence-electron chi connectivity index (χ3n) is 5.85. The van der Waals surface area contributed by atoms with Gasteiger partial charge < -0.3 is 13.8 Å². The standard InChI is InChI=1S/C26H22N2O9S/c1-17-5-11-23(12-6-17)38(34,35)37-22-9-7-18(8-10-22)24(29)16-36-26(31)19-13-25(30)27(15-19)20-3-2-4-21(14-20)28(32)33/h2-12,14,19H,13,15-16H2,1H3/t19-/m1/s1. The molecular weight excluding hydrogens is 516 g/mol. The first-order chi connectivity index (χ1) is 18.0. The summed E-state index contributed by atoms with van der Waals surface area (Å²) in [5, 5.41) is 11.0. The lowest BCUT2D eigenvalue weighted by Gasteiger charge is -2.16. The van der Waals surface area contributed by atoms with Gasteiger partial charge in [-0.3, -0.25) is 24.5 Å². The van der Waals surface area contributed by atoms with Crippen molar-refractivity contribution in [2.45, 2.75) is 18.2 Å². The second-order valence-electron chi connectivity index (χ2n) is 8.59. The number of hydrogen-bond acceptors (Lipinski definition) is 9. The van der Waals surface area contributed by atoms with Crippen molar-refractivity contribution >= 4 is 39.2 Å². The van der Waals surface area contributed by atoms with Gasteiger partial charge in [0.15, 0.2) is 12.4 Å². The number of hydrogen-bond donors (Lipinski definition) is 0. The van der Waals surface area contributed by atoms with Crippen molar-refractivity contribution in [3.8, 4) is 5.75 Å². The molecule has 1 fully saturated rings. The topological polar surface area (TPSA) is 150 Å². The number of aryl methyl sites for hydroxylation is 1. The van der Waals surface area contributed by atoms with E-state index in [1.807, 2.05) is 6.92 Å². The maximum Gasteiger partial charge on any atom is 0.339 e. The SMILES string of the molecule is Cc1ccc(S(=O)(=O)Oc2ccc(C(=O)COC(=O)[C@@H]3CC(=O)N(c4cccc([N+](=O)[O-])c4)C3)cc2)cc1. The van der Waals surface area contributed by atoms with Gasteiger partial charge in [-0.2, -0.15) is 8.42 Å². The number of esters is 1. The van der Waals surface area contributed by atoms with Gasteiger partial charge in [-0.25, -0.2) is 0 Å². The average Bonchev–Trinajstić information content (AvgIpc) is 3.29. The van der Waals surface area contributed by atoms with Crippen molar-refractivity contribution in [2.75, 3.05) is 18.1 Å². The molecule has 0 spiro atoms. The van der Waals surface area contributed by atoms with Gasteiger partial charge in [0.05, 0.1) is 16.5 Å². The average molecular weight is 539 g/mol. The van der Waals surface area contributed by atoms with Crippen LogP contribution in [0.2, 0.25) is 0 Å². The lowest BCUT2D eigenvalue weighted by atomic mass is 10.1. The van der Waals surface area contributed by atoms with E-state index in [0.717, 1.165) is 5.56 Å². The molecule has 0 N–H and O–H groups in total. The Morgan fingerprint density at radius 3 is 2.39 bits per heavy atom. The molecule has 1 amide bonds. The van der Waals surface area contributed by atoms with E-state index in [1.54, 1.807) is 12.1 Å². The fourth-order valence-electron chi connectivity index (χ4n) is 3.80. The molecule has 0 saturated carbocycles. The number of non-ortho nitro benzene ring substituents is 1. The number of ether oxygens (including phenoxy) is 1. The molecule has 12 heteroatoms. The van der Waals surface area contributed by atoms with Crippen LogP contribution in [0.25, 0.3) is 0 Å². The summed E-state index contributed by atoms with van der Waals surface area (Å²) >= 11 is 0. The maximum atomic E-state index is 12.5. The van der Waals surface area contributed by atoms with Crippen LogP contribution in [-0.4, -0.2) is 44.2 Å². The van der Waals surface area contributed by atoms with Gasteiger partial charge in [0.2, 0.25) is 5.91 Å². The Balaban J connectivity index is 1.32. The van der Waals surface area contributed by atoms with E-state index < -0.39 is 45.2 Å². The second-order valence-corrected chi connectivity index (χ2v) is 10.1. The van der Waals surface area contributed by atoms with Gasteiger partial charge in [0.1, 0.15) is 10.6 Å². The van der Waals surface area contributed by atoms with E-state index in [4.69, 9.17) is 8.92 Å². The summed E-state index contributed by atoms with van der Waals surface area (Å²) < 4.78 is 35.0. The number of nitro groups is 1. The van der Waals surface area contributed by atoms with Crippen LogP contribution in [0.4, 0.5) is 11.4 Å². The Bertz CT molecular complexity index is 1500. The third kappa shape index (κ3) is 6.03. The summed E-state index contributed by atoms with van der Waals surface area (Å²) in [5.41, 5.74) is 1.17. The molecule has 0 aromatic heterocycles. The first-order valence-corrected chi connectivity index (χ1v) is 12.8. The summed E-state index contributed by atoms with van der Waals surface area (Å²) in [6, 6.07) is 17.0. The highest BCUT2D eigenvalue weighted by molar-refractivity contribution is 7.87. The van der Waals surface area contributed by atoms with E-state index >= 15 is 0 Å². The minimum absolute atomic E-state index is 0.00447. The van der Waals surface area contributed by atoms with Crippen molar-refractivity contribution in [2.24, 2.45) is 5.92 Å². The fourth-order valence-corrected chi connectivity index (χ4v) is 4.73. The van der Waals surface area contributed by atoms with E-state index in [-0.39, 0.29) is 34.9 Å². The van der Waals surface area contributed by atoms with Gasteiger partial charge in [-0.15, -0.1) is 0 Å². The molecule has 0 aliphatic carbocycles. The van der Waals surface area contributed by atoms with E-state index in [9.17, 15) is 32.9 Å². The monoisotopic (exact) mass is 538 g/mol. The quantitative estimate of drug-likeness (QED) is 0.131. The largest absolute Gasteiger partial charge is 0.457 e. The number of ketones is 1. The fraction of sp³-hybridized carbons (Fsp3) is 0.192. The van der Waals surface area contributed by atoms with Gasteiger partial charge >= 0.3 is 16.1 Å². The number of carbonyl (C=O) groups is 3. The zero-order chi connectivity index (χ0) is 27.4. The highest BCUT2D eigenvalue weighted by Gasteiger charge is 2.36. The molecule has 38 heavy (non-hydrogen) atoms. The van der Waals surface area contributed by atoms with Crippen LogP contribution in [0.3, 0.4) is 0 Å². The molecule has 1 saturated heterocycles. The van der Waals surface area contributed by atoms with Gasteiger partial charge in [0, 0.05) is 30.7 Å². The number of Topliss-reactive ketones (excluding diaryl/α,β-unsaturated/α-hetero) is 1. The summed E-state index contributed by atoms with van der Waals surface area (Å²) in [4.78, 5) is 49.1. The predicted molar refractivity (Wildman–Crippen MR) is 134 cm³/mol. The Labute approximate surface area is 217 Å². The van der Waals surface area contributed by atoms with Crippen molar-refractivity contribution in [1.82, 2.24) is 0 Å². The Morgan fingerprint density at radius 2 is 1.74 bits per heavy atom. The smallest absolute Gasteiger partial charge is 0.339 e. The van der Waals surface area contributed by atoms with Crippen LogP contribution in [0.15, 0.2) is 77.7 Å². The number of benzene rings is 3. The number of amides is 1. The molecule has 196 valence electrons. The minimum Gasteiger partial charge on any atom is -0.457 e. The van der Waals surface area contributed by atoms with Crippen LogP contribution in [-0.2, 0) is 24.4 Å². The lowest BCUT2D eigenvalue weighted by molar-refractivity contribution is -0.384. The summed E-state index contributed by atoms with van der Waals surface area (Å²) in [6.07, 6.45) is -0.156. The van der Waals surface area contributed by atoms with Crippen LogP contribution >= 0.6 is 0 Å². The first kappa shape index (κ1) is 26.5. The van der Waals surface area contributed by atoms with Gasteiger partial charge in [-0.1, -0.05) is 23.8 Å². The molecule has 11 nitrogen and oxygen atoms in total. The lowest BCUT2D eigenvalue weighted by Crippen LogP contribution is -2.27. The highest BCUT2D eigenvalue weighted by Crippen LogP contribution is 2.28. The molecule has 4 rings (SSSR count).